The molecule has 0 aromatic carbocycles. The van der Waals surface area contributed by atoms with Crippen LogP contribution in [0, 0.1) is 13.8 Å². The second kappa shape index (κ2) is 8.26. The summed E-state index contributed by atoms with van der Waals surface area (Å²) in [5.41, 5.74) is 1.10. The lowest BCUT2D eigenvalue weighted by Gasteiger charge is -2.23. The van der Waals surface area contributed by atoms with Crippen LogP contribution in [0.15, 0.2) is 4.99 Å². The van der Waals surface area contributed by atoms with E-state index in [4.69, 9.17) is 0 Å². The van der Waals surface area contributed by atoms with E-state index in [1.807, 2.05) is 6.92 Å². The molecule has 1 aliphatic heterocycles. The van der Waals surface area contributed by atoms with E-state index in [0.29, 0.717) is 19.0 Å². The molecule has 9 heteroatoms. The van der Waals surface area contributed by atoms with E-state index in [1.165, 1.54) is 11.1 Å². The lowest BCUT2D eigenvalue weighted by Crippen LogP contribution is -2.46. The van der Waals surface area contributed by atoms with Crippen LogP contribution in [0.2, 0.25) is 0 Å². The van der Waals surface area contributed by atoms with Crippen LogP contribution >= 0.6 is 11.3 Å². The van der Waals surface area contributed by atoms with Crippen molar-refractivity contribution in [1.29, 1.82) is 0 Å². The van der Waals surface area contributed by atoms with Crippen molar-refractivity contribution in [2.24, 2.45) is 4.99 Å². The van der Waals surface area contributed by atoms with E-state index in [2.05, 4.69) is 27.5 Å². The fourth-order valence-electron chi connectivity index (χ4n) is 2.82. The maximum Gasteiger partial charge on any atom is 0.211 e. The number of rotatable bonds is 6. The number of aromatic nitrogens is 1. The Balaban J connectivity index is 1.78. The van der Waals surface area contributed by atoms with Gasteiger partial charge in [-0.2, -0.15) is 4.31 Å². The number of sulfonamides is 1. The minimum absolute atomic E-state index is 0.00260. The van der Waals surface area contributed by atoms with Gasteiger partial charge in [0.25, 0.3) is 0 Å². The first-order chi connectivity index (χ1) is 11.3. The van der Waals surface area contributed by atoms with Gasteiger partial charge in [0, 0.05) is 44.0 Å². The highest BCUT2D eigenvalue weighted by Crippen LogP contribution is 2.19. The molecule has 0 unspecified atom stereocenters. The van der Waals surface area contributed by atoms with Crippen molar-refractivity contribution >= 4 is 27.3 Å². The van der Waals surface area contributed by atoms with Crippen molar-refractivity contribution in [3.05, 3.63) is 15.6 Å². The highest BCUT2D eigenvalue weighted by atomic mass is 32.2. The smallest absolute Gasteiger partial charge is 0.211 e. The van der Waals surface area contributed by atoms with Crippen molar-refractivity contribution < 1.29 is 8.42 Å². The fraction of sp³-hybridized carbons (Fsp3) is 0.733. The molecule has 1 aromatic rings. The zero-order valence-corrected chi connectivity index (χ0v) is 16.4. The molecule has 2 heterocycles. The molecular formula is C15H27N5O2S2. The van der Waals surface area contributed by atoms with Gasteiger partial charge in [0.05, 0.1) is 17.0 Å². The quantitative estimate of drug-likeness (QED) is 0.571. The summed E-state index contributed by atoms with van der Waals surface area (Å²) in [5.74, 6) is 0.695. The molecule has 24 heavy (non-hydrogen) atoms. The Hall–Kier alpha value is -1.19. The molecule has 0 bridgehead atoms. The number of guanidine groups is 1. The minimum Gasteiger partial charge on any atom is -0.356 e. The normalized spacial score (nSPS) is 19.7. The van der Waals surface area contributed by atoms with Crippen LogP contribution in [0.4, 0.5) is 0 Å². The summed E-state index contributed by atoms with van der Waals surface area (Å²) in [6, 6.07) is 0.00260. The first kappa shape index (κ1) is 19.1. The summed E-state index contributed by atoms with van der Waals surface area (Å²) in [6.45, 7) is 6.03. The summed E-state index contributed by atoms with van der Waals surface area (Å²) < 4.78 is 25.1. The van der Waals surface area contributed by atoms with Crippen molar-refractivity contribution in [3.8, 4) is 0 Å². The number of nitrogens with zero attached hydrogens (tertiary/aromatic N) is 3. The third-order valence-corrected chi connectivity index (χ3v) is 6.65. The van der Waals surface area contributed by atoms with Crippen LogP contribution in [0.5, 0.6) is 0 Å². The molecule has 1 aliphatic rings. The molecule has 1 aromatic heterocycles. The molecule has 1 fully saturated rings. The van der Waals surface area contributed by atoms with Crippen LogP contribution in [-0.4, -0.2) is 62.6 Å². The largest absolute Gasteiger partial charge is 0.356 e. The molecule has 2 rings (SSSR count). The van der Waals surface area contributed by atoms with Gasteiger partial charge in [-0.05, 0) is 26.7 Å². The summed E-state index contributed by atoms with van der Waals surface area (Å²) in [5, 5.41) is 7.61. The average molecular weight is 374 g/mol. The van der Waals surface area contributed by atoms with E-state index in [0.717, 1.165) is 36.5 Å². The SMILES string of the molecule is CN=C(NCCc1nc(C)c(C)s1)NC[C@H]1CCCN1S(C)(=O)=O. The van der Waals surface area contributed by atoms with E-state index in [-0.39, 0.29) is 6.04 Å². The van der Waals surface area contributed by atoms with Gasteiger partial charge in [-0.25, -0.2) is 13.4 Å². The van der Waals surface area contributed by atoms with Gasteiger partial charge in [-0.3, -0.25) is 4.99 Å². The number of hydrogen-bond acceptors (Lipinski definition) is 5. The number of nitrogens with one attached hydrogen (secondary N) is 2. The second-order valence-corrected chi connectivity index (χ2v) is 9.27. The van der Waals surface area contributed by atoms with Gasteiger partial charge in [0.15, 0.2) is 5.96 Å². The third-order valence-electron chi connectivity index (χ3n) is 4.18. The van der Waals surface area contributed by atoms with Gasteiger partial charge in [-0.15, -0.1) is 11.3 Å². The summed E-state index contributed by atoms with van der Waals surface area (Å²) >= 11 is 1.73. The zero-order chi connectivity index (χ0) is 17.7. The number of aryl methyl sites for hydroxylation is 2. The summed E-state index contributed by atoms with van der Waals surface area (Å²) in [4.78, 5) is 9.98. The van der Waals surface area contributed by atoms with Gasteiger partial charge < -0.3 is 10.6 Å². The standard InChI is InChI=1S/C15H27N5O2S2/c1-11-12(2)23-14(19-11)7-8-17-15(16-3)18-10-13-6-5-9-20(13)24(4,21)22/h13H,5-10H2,1-4H3,(H2,16,17,18)/t13-/m1/s1. The van der Waals surface area contributed by atoms with E-state index in [9.17, 15) is 8.42 Å². The zero-order valence-electron chi connectivity index (χ0n) is 14.8. The average Bonchev–Trinajstić information content (AvgIpc) is 3.09. The van der Waals surface area contributed by atoms with Gasteiger partial charge in [0.2, 0.25) is 10.0 Å². The monoisotopic (exact) mass is 373 g/mol. The second-order valence-electron chi connectivity index (χ2n) is 6.05. The molecule has 136 valence electrons. The van der Waals surface area contributed by atoms with Crippen molar-refractivity contribution in [2.75, 3.05) is 32.9 Å². The Bertz CT molecular complexity index is 665. The summed E-state index contributed by atoms with van der Waals surface area (Å²) in [6.07, 6.45) is 3.91. The molecule has 0 spiro atoms. The molecule has 0 aliphatic carbocycles. The first-order valence-corrected chi connectivity index (χ1v) is 10.8. The minimum atomic E-state index is -3.13. The molecule has 1 atom stereocenters. The van der Waals surface area contributed by atoms with Crippen LogP contribution < -0.4 is 10.6 Å². The van der Waals surface area contributed by atoms with Gasteiger partial charge in [-0.1, -0.05) is 0 Å². The van der Waals surface area contributed by atoms with E-state index < -0.39 is 10.0 Å². The molecule has 0 amide bonds. The highest BCUT2D eigenvalue weighted by molar-refractivity contribution is 7.88. The Kier molecular flexibility index (Phi) is 6.59. The topological polar surface area (TPSA) is 86.7 Å². The predicted octanol–water partition coefficient (Wildman–Crippen LogP) is 0.891. The molecular weight excluding hydrogens is 346 g/mol. The van der Waals surface area contributed by atoms with Crippen LogP contribution in [0.1, 0.15) is 28.4 Å². The highest BCUT2D eigenvalue weighted by Gasteiger charge is 2.31. The Morgan fingerprint density at radius 3 is 2.75 bits per heavy atom. The van der Waals surface area contributed by atoms with E-state index in [1.54, 1.807) is 22.7 Å². The summed E-state index contributed by atoms with van der Waals surface area (Å²) in [7, 11) is -1.42. The first-order valence-electron chi connectivity index (χ1n) is 8.15. The van der Waals surface area contributed by atoms with Crippen molar-refractivity contribution in [2.45, 2.75) is 39.2 Å². The van der Waals surface area contributed by atoms with Crippen LogP contribution in [0.25, 0.3) is 0 Å². The van der Waals surface area contributed by atoms with Crippen molar-refractivity contribution in [1.82, 2.24) is 19.9 Å². The van der Waals surface area contributed by atoms with Crippen molar-refractivity contribution in [3.63, 3.8) is 0 Å². The molecule has 2 N–H and O–H groups in total. The molecule has 0 saturated carbocycles. The lowest BCUT2D eigenvalue weighted by molar-refractivity contribution is 0.387. The fourth-order valence-corrected chi connectivity index (χ4v) is 4.93. The Morgan fingerprint density at radius 2 is 2.17 bits per heavy atom. The van der Waals surface area contributed by atoms with Gasteiger partial charge >= 0.3 is 0 Å². The maximum atomic E-state index is 11.8. The number of hydrogen-bond donors (Lipinski definition) is 2. The molecule has 1 saturated heterocycles. The molecule has 7 nitrogen and oxygen atoms in total. The van der Waals surface area contributed by atoms with Gasteiger partial charge in [0.1, 0.15) is 0 Å². The Labute approximate surface area is 148 Å². The molecule has 0 radical (unpaired) electrons. The lowest BCUT2D eigenvalue weighted by atomic mass is 10.2. The van der Waals surface area contributed by atoms with E-state index >= 15 is 0 Å². The van der Waals surface area contributed by atoms with Crippen LogP contribution in [-0.2, 0) is 16.4 Å². The number of thiazole rings is 1. The van der Waals surface area contributed by atoms with Crippen LogP contribution in [0.3, 0.4) is 0 Å². The predicted molar refractivity (Wildman–Crippen MR) is 99.2 cm³/mol. The third kappa shape index (κ3) is 5.15. The Morgan fingerprint density at radius 1 is 1.42 bits per heavy atom. The maximum absolute atomic E-state index is 11.8. The number of aliphatic imine (C=N–C) groups is 1.